The van der Waals surface area contributed by atoms with Crippen molar-refractivity contribution in [3.63, 3.8) is 0 Å². The van der Waals surface area contributed by atoms with Crippen molar-refractivity contribution in [3.05, 3.63) is 4.91 Å². The van der Waals surface area contributed by atoms with Crippen molar-refractivity contribution >= 4 is 6.09 Å². The minimum atomic E-state index is -0.506. The van der Waals surface area contributed by atoms with Gasteiger partial charge >= 0.3 is 6.09 Å². The number of rotatable bonds is 3. The fourth-order valence-corrected chi connectivity index (χ4v) is 1.36. The molecule has 0 aromatic carbocycles. The van der Waals surface area contributed by atoms with Gasteiger partial charge < -0.3 is 4.74 Å². The van der Waals surface area contributed by atoms with Gasteiger partial charge in [0.2, 0.25) is 0 Å². The summed E-state index contributed by atoms with van der Waals surface area (Å²) < 4.78 is 5.10. The summed E-state index contributed by atoms with van der Waals surface area (Å²) in [6.45, 7) is 7.42. The van der Waals surface area contributed by atoms with Gasteiger partial charge in [0.1, 0.15) is 12.3 Å². The van der Waals surface area contributed by atoms with E-state index in [0.29, 0.717) is 19.8 Å². The maximum Gasteiger partial charge on any atom is 0.422 e. The molecular formula is C9H18N4O3. The van der Waals surface area contributed by atoms with Crippen LogP contribution in [0.5, 0.6) is 0 Å². The molecule has 0 spiro atoms. The van der Waals surface area contributed by atoms with Crippen LogP contribution >= 0.6 is 0 Å². The zero-order chi connectivity index (χ0) is 12.2. The molecule has 1 aliphatic rings. The molecule has 0 atom stereocenters. The minimum absolute atomic E-state index is 0.145. The third kappa shape index (κ3) is 4.54. The molecule has 16 heavy (non-hydrogen) atoms. The Morgan fingerprint density at radius 3 is 2.69 bits per heavy atom. The van der Waals surface area contributed by atoms with Crippen LogP contribution in [0.25, 0.3) is 0 Å². The molecule has 1 fully saturated rings. The highest BCUT2D eigenvalue weighted by Gasteiger charge is 2.23. The van der Waals surface area contributed by atoms with Crippen molar-refractivity contribution in [2.75, 3.05) is 26.4 Å². The quantitative estimate of drug-likeness (QED) is 0.723. The summed E-state index contributed by atoms with van der Waals surface area (Å²) in [5.41, 5.74) is 2.10. The van der Waals surface area contributed by atoms with Crippen molar-refractivity contribution in [2.24, 2.45) is 5.18 Å². The van der Waals surface area contributed by atoms with Crippen LogP contribution in [0, 0.1) is 4.91 Å². The van der Waals surface area contributed by atoms with Gasteiger partial charge in [0.25, 0.3) is 0 Å². The van der Waals surface area contributed by atoms with E-state index in [1.165, 1.54) is 0 Å². The number of nitroso groups, excluding NO2 is 1. The predicted octanol–water partition coefficient (Wildman–Crippen LogP) is 0.725. The first kappa shape index (κ1) is 12.9. The zero-order valence-electron chi connectivity index (χ0n) is 9.89. The molecule has 1 aliphatic heterocycles. The maximum atomic E-state index is 11.4. The van der Waals surface area contributed by atoms with Gasteiger partial charge in [-0.2, -0.15) is 0 Å². The third-order valence-electron chi connectivity index (χ3n) is 1.96. The molecule has 1 rings (SSSR count). The second-order valence-electron chi connectivity index (χ2n) is 4.68. The topological polar surface area (TPSA) is 74.2 Å². The molecule has 92 valence electrons. The number of nitrogens with zero attached hydrogens (tertiary/aromatic N) is 3. The van der Waals surface area contributed by atoms with E-state index in [2.05, 4.69) is 10.6 Å². The highest BCUT2D eigenvalue weighted by atomic mass is 16.6. The van der Waals surface area contributed by atoms with E-state index in [1.54, 1.807) is 25.8 Å². The molecule has 0 saturated carbocycles. The Labute approximate surface area is 94.7 Å². The largest absolute Gasteiger partial charge is 0.443 e. The second-order valence-corrected chi connectivity index (χ2v) is 4.68. The molecule has 0 aromatic rings. The summed E-state index contributed by atoms with van der Waals surface area (Å²) >= 11 is 0. The monoisotopic (exact) mass is 230 g/mol. The van der Waals surface area contributed by atoms with Gasteiger partial charge in [-0.25, -0.2) is 9.80 Å². The van der Waals surface area contributed by atoms with Crippen LogP contribution in [-0.4, -0.2) is 48.0 Å². The van der Waals surface area contributed by atoms with Crippen LogP contribution in [0.3, 0.4) is 0 Å². The SMILES string of the molecule is CC(C)(C)OC(=O)NN1CCN(CN=O)C1. The lowest BCUT2D eigenvalue weighted by molar-refractivity contribution is 0.0342. The lowest BCUT2D eigenvalue weighted by atomic mass is 10.2. The van der Waals surface area contributed by atoms with Crippen LogP contribution in [0.1, 0.15) is 20.8 Å². The number of hydrogen-bond acceptors (Lipinski definition) is 6. The van der Waals surface area contributed by atoms with Crippen LogP contribution in [0.2, 0.25) is 0 Å². The van der Waals surface area contributed by atoms with Crippen LogP contribution < -0.4 is 5.43 Å². The molecule has 1 heterocycles. The number of hydrazine groups is 1. The smallest absolute Gasteiger partial charge is 0.422 e. The minimum Gasteiger partial charge on any atom is -0.443 e. The molecule has 7 nitrogen and oxygen atoms in total. The Bertz CT molecular complexity index is 264. The highest BCUT2D eigenvalue weighted by molar-refractivity contribution is 5.67. The predicted molar refractivity (Wildman–Crippen MR) is 58.3 cm³/mol. The Hall–Kier alpha value is -1.21. The number of carbonyl (C=O) groups excluding carboxylic acids is 1. The number of carbonyl (C=O) groups is 1. The first-order valence-electron chi connectivity index (χ1n) is 5.17. The van der Waals surface area contributed by atoms with Gasteiger partial charge in [-0.3, -0.25) is 10.3 Å². The molecule has 1 N–H and O–H groups in total. The van der Waals surface area contributed by atoms with Crippen molar-refractivity contribution in [3.8, 4) is 0 Å². The van der Waals surface area contributed by atoms with E-state index in [0.717, 1.165) is 0 Å². The maximum absolute atomic E-state index is 11.4. The number of hydrogen-bond donors (Lipinski definition) is 1. The molecule has 0 aliphatic carbocycles. The number of nitrogens with one attached hydrogen (secondary N) is 1. The number of amides is 1. The van der Waals surface area contributed by atoms with E-state index < -0.39 is 11.7 Å². The van der Waals surface area contributed by atoms with Gasteiger partial charge in [-0.15, -0.1) is 4.91 Å². The lowest BCUT2D eigenvalue weighted by Gasteiger charge is -2.23. The standard InChI is InChI=1S/C9H18N4O3/c1-9(2,3)16-8(14)11-13-5-4-12(7-13)6-10-15/h4-7H2,1-3H3,(H,11,14). The molecule has 0 aromatic heterocycles. The highest BCUT2D eigenvalue weighted by Crippen LogP contribution is 2.07. The van der Waals surface area contributed by atoms with Crippen LogP contribution in [0.4, 0.5) is 4.79 Å². The van der Waals surface area contributed by atoms with Crippen molar-refractivity contribution in [1.29, 1.82) is 0 Å². The molecule has 0 bridgehead atoms. The van der Waals surface area contributed by atoms with Crippen molar-refractivity contribution < 1.29 is 9.53 Å². The Balaban J connectivity index is 2.28. The molecule has 7 heteroatoms. The van der Waals surface area contributed by atoms with Gasteiger partial charge in [-0.1, -0.05) is 5.18 Å². The Morgan fingerprint density at radius 2 is 2.12 bits per heavy atom. The second kappa shape index (κ2) is 5.22. The van der Waals surface area contributed by atoms with E-state index in [-0.39, 0.29) is 6.67 Å². The molecule has 0 radical (unpaired) electrons. The Morgan fingerprint density at radius 1 is 1.44 bits per heavy atom. The lowest BCUT2D eigenvalue weighted by Crippen LogP contribution is -2.44. The van der Waals surface area contributed by atoms with Gasteiger partial charge in [-0.05, 0) is 20.8 Å². The zero-order valence-corrected chi connectivity index (χ0v) is 9.89. The molecule has 0 unspecified atom stereocenters. The van der Waals surface area contributed by atoms with Gasteiger partial charge in [0.05, 0.1) is 6.67 Å². The summed E-state index contributed by atoms with van der Waals surface area (Å²) in [6.07, 6.45) is -0.478. The fraction of sp³-hybridized carbons (Fsp3) is 0.889. The van der Waals surface area contributed by atoms with E-state index in [4.69, 9.17) is 4.74 Å². The normalized spacial score (nSPS) is 18.4. The van der Waals surface area contributed by atoms with Crippen LogP contribution in [0.15, 0.2) is 5.18 Å². The average Bonchev–Trinajstić information content (AvgIpc) is 2.49. The summed E-state index contributed by atoms with van der Waals surface area (Å²) in [6, 6.07) is 0. The van der Waals surface area contributed by atoms with Crippen LogP contribution in [-0.2, 0) is 4.74 Å². The fourth-order valence-electron chi connectivity index (χ4n) is 1.36. The first-order chi connectivity index (χ1) is 7.40. The third-order valence-corrected chi connectivity index (χ3v) is 1.96. The number of ether oxygens (including phenoxy) is 1. The summed E-state index contributed by atoms with van der Waals surface area (Å²) in [4.78, 5) is 23.3. The summed E-state index contributed by atoms with van der Waals surface area (Å²) in [5, 5.41) is 4.49. The van der Waals surface area contributed by atoms with Crippen molar-refractivity contribution in [1.82, 2.24) is 15.3 Å². The van der Waals surface area contributed by atoms with Crippen molar-refractivity contribution in [2.45, 2.75) is 26.4 Å². The Kier molecular flexibility index (Phi) is 4.19. The molecule has 1 amide bonds. The summed E-state index contributed by atoms with van der Waals surface area (Å²) in [7, 11) is 0. The van der Waals surface area contributed by atoms with E-state index in [9.17, 15) is 9.70 Å². The molecule has 1 saturated heterocycles. The average molecular weight is 230 g/mol. The van der Waals surface area contributed by atoms with Gasteiger partial charge in [0.15, 0.2) is 0 Å². The van der Waals surface area contributed by atoms with E-state index in [1.807, 2.05) is 4.90 Å². The van der Waals surface area contributed by atoms with Gasteiger partial charge in [0, 0.05) is 13.1 Å². The van der Waals surface area contributed by atoms with E-state index >= 15 is 0 Å². The molecular weight excluding hydrogens is 212 g/mol. The summed E-state index contributed by atoms with van der Waals surface area (Å²) in [5.74, 6) is 0. The first-order valence-corrected chi connectivity index (χ1v) is 5.17.